The van der Waals surface area contributed by atoms with Gasteiger partial charge in [0.2, 0.25) is 5.91 Å². The molecule has 0 aliphatic carbocycles. The Balaban J connectivity index is 2.82. The quantitative estimate of drug-likeness (QED) is 0.737. The molecule has 2 nitrogen and oxygen atoms in total. The topological polar surface area (TPSA) is 20.3 Å². The Hall–Kier alpha value is -1.02. The first kappa shape index (κ1) is 14.0. The summed E-state index contributed by atoms with van der Waals surface area (Å²) in [7, 11) is 0. The van der Waals surface area contributed by atoms with E-state index in [0.717, 1.165) is 12.0 Å². The number of amides is 1. The molecule has 1 unspecified atom stereocenters. The van der Waals surface area contributed by atoms with Crippen LogP contribution in [0.4, 0.5) is 0 Å². The van der Waals surface area contributed by atoms with E-state index >= 15 is 0 Å². The van der Waals surface area contributed by atoms with E-state index in [0.29, 0.717) is 6.54 Å². The second-order valence-corrected chi connectivity index (χ2v) is 4.67. The van der Waals surface area contributed by atoms with Crippen LogP contribution in [0.25, 0.3) is 0 Å². The Morgan fingerprint density at radius 2 is 2.18 bits per heavy atom. The minimum absolute atomic E-state index is 0.00234. The first-order chi connectivity index (χ1) is 8.08. The number of carbonyl (C=O) groups is 1. The molecule has 3 heteroatoms. The second-order valence-electron chi connectivity index (χ2n) is 4.40. The van der Waals surface area contributed by atoms with Gasteiger partial charge in [0, 0.05) is 12.6 Å². The summed E-state index contributed by atoms with van der Waals surface area (Å²) in [6, 6.07) is 8.45. The molecule has 0 aromatic heterocycles. The Morgan fingerprint density at radius 1 is 1.47 bits per heavy atom. The third kappa shape index (κ3) is 4.04. The summed E-state index contributed by atoms with van der Waals surface area (Å²) < 4.78 is 0. The van der Waals surface area contributed by atoms with Crippen molar-refractivity contribution in [2.24, 2.45) is 0 Å². The molecule has 0 aliphatic rings. The number of benzene rings is 1. The SMILES string of the molecule is CCC(C)N(Cc1cccc(C)c1)C(=O)CCl. The van der Waals surface area contributed by atoms with E-state index in [-0.39, 0.29) is 17.8 Å². The first-order valence-electron chi connectivity index (χ1n) is 5.99. The molecule has 94 valence electrons. The number of hydrogen-bond donors (Lipinski definition) is 0. The maximum atomic E-state index is 11.8. The smallest absolute Gasteiger partial charge is 0.238 e. The van der Waals surface area contributed by atoms with Gasteiger partial charge in [0.25, 0.3) is 0 Å². The van der Waals surface area contributed by atoms with Gasteiger partial charge in [-0.2, -0.15) is 0 Å². The number of carbonyl (C=O) groups excluding carboxylic acids is 1. The lowest BCUT2D eigenvalue weighted by atomic mass is 10.1. The Kier molecular flexibility index (Phi) is 5.49. The van der Waals surface area contributed by atoms with Crippen molar-refractivity contribution in [2.75, 3.05) is 5.88 Å². The average molecular weight is 254 g/mol. The Morgan fingerprint density at radius 3 is 2.71 bits per heavy atom. The highest BCUT2D eigenvalue weighted by Crippen LogP contribution is 2.13. The summed E-state index contributed by atoms with van der Waals surface area (Å²) in [6.07, 6.45) is 0.939. The molecule has 0 fully saturated rings. The molecule has 0 radical (unpaired) electrons. The molecule has 1 aromatic rings. The number of nitrogens with zero attached hydrogens (tertiary/aromatic N) is 1. The van der Waals surface area contributed by atoms with Gasteiger partial charge in [-0.15, -0.1) is 11.6 Å². The van der Waals surface area contributed by atoms with Crippen molar-refractivity contribution < 1.29 is 4.79 Å². The molecule has 1 aromatic carbocycles. The van der Waals surface area contributed by atoms with Crippen LogP contribution in [0.1, 0.15) is 31.4 Å². The third-order valence-electron chi connectivity index (χ3n) is 2.99. The maximum absolute atomic E-state index is 11.8. The summed E-state index contributed by atoms with van der Waals surface area (Å²) >= 11 is 5.65. The highest BCUT2D eigenvalue weighted by molar-refractivity contribution is 6.27. The lowest BCUT2D eigenvalue weighted by molar-refractivity contribution is -0.131. The number of alkyl halides is 1. The lowest BCUT2D eigenvalue weighted by Crippen LogP contribution is -2.38. The van der Waals surface area contributed by atoms with Crippen LogP contribution in [0.5, 0.6) is 0 Å². The predicted molar refractivity (Wildman–Crippen MR) is 72.2 cm³/mol. The molecule has 0 bridgehead atoms. The van der Waals surface area contributed by atoms with Crippen LogP contribution in [0.2, 0.25) is 0 Å². The predicted octanol–water partition coefficient (Wildman–Crippen LogP) is 3.36. The molecule has 1 amide bonds. The van der Waals surface area contributed by atoms with E-state index in [9.17, 15) is 4.79 Å². The van der Waals surface area contributed by atoms with E-state index in [4.69, 9.17) is 11.6 Å². The fourth-order valence-electron chi connectivity index (χ4n) is 1.79. The van der Waals surface area contributed by atoms with E-state index in [1.165, 1.54) is 5.56 Å². The van der Waals surface area contributed by atoms with Crippen molar-refractivity contribution in [3.05, 3.63) is 35.4 Å². The van der Waals surface area contributed by atoms with Gasteiger partial charge in [0.05, 0.1) is 0 Å². The van der Waals surface area contributed by atoms with Crippen LogP contribution in [0.3, 0.4) is 0 Å². The van der Waals surface area contributed by atoms with Crippen molar-refractivity contribution in [1.29, 1.82) is 0 Å². The highest BCUT2D eigenvalue weighted by Gasteiger charge is 2.18. The van der Waals surface area contributed by atoms with Crippen molar-refractivity contribution in [3.8, 4) is 0 Å². The zero-order valence-electron chi connectivity index (χ0n) is 10.7. The average Bonchev–Trinajstić information content (AvgIpc) is 2.34. The Bertz CT molecular complexity index is 378. The summed E-state index contributed by atoms with van der Waals surface area (Å²) in [4.78, 5) is 13.6. The summed E-state index contributed by atoms with van der Waals surface area (Å²) in [5, 5.41) is 0. The van der Waals surface area contributed by atoms with Crippen LogP contribution in [0.15, 0.2) is 24.3 Å². The van der Waals surface area contributed by atoms with Crippen LogP contribution < -0.4 is 0 Å². The van der Waals surface area contributed by atoms with Crippen molar-refractivity contribution in [2.45, 2.75) is 39.8 Å². The third-order valence-corrected chi connectivity index (χ3v) is 3.22. The zero-order valence-corrected chi connectivity index (χ0v) is 11.5. The summed E-state index contributed by atoms with van der Waals surface area (Å²) in [6.45, 7) is 6.83. The largest absolute Gasteiger partial charge is 0.335 e. The summed E-state index contributed by atoms with van der Waals surface area (Å²) in [5.74, 6) is 0.0541. The minimum atomic E-state index is 0.00234. The van der Waals surface area contributed by atoms with Crippen LogP contribution in [-0.2, 0) is 11.3 Å². The fourth-order valence-corrected chi connectivity index (χ4v) is 1.95. The van der Waals surface area contributed by atoms with Crippen molar-refractivity contribution in [1.82, 2.24) is 4.90 Å². The normalized spacial score (nSPS) is 12.2. The molecule has 1 rings (SSSR count). The van der Waals surface area contributed by atoms with E-state index in [1.54, 1.807) is 0 Å². The van der Waals surface area contributed by atoms with Crippen LogP contribution in [-0.4, -0.2) is 22.7 Å². The lowest BCUT2D eigenvalue weighted by Gasteiger charge is -2.28. The number of halogens is 1. The van der Waals surface area contributed by atoms with Gasteiger partial charge >= 0.3 is 0 Å². The number of rotatable bonds is 5. The van der Waals surface area contributed by atoms with Gasteiger partial charge in [-0.1, -0.05) is 36.8 Å². The van der Waals surface area contributed by atoms with Gasteiger partial charge in [-0.05, 0) is 25.8 Å². The van der Waals surface area contributed by atoms with Gasteiger partial charge in [0.15, 0.2) is 0 Å². The molecule has 17 heavy (non-hydrogen) atoms. The molecule has 0 spiro atoms. The first-order valence-corrected chi connectivity index (χ1v) is 6.53. The number of aryl methyl sites for hydroxylation is 1. The maximum Gasteiger partial charge on any atom is 0.238 e. The fraction of sp³-hybridized carbons (Fsp3) is 0.500. The molecular formula is C14H20ClNO. The second kappa shape index (κ2) is 6.65. The molecule has 0 saturated carbocycles. The van der Waals surface area contributed by atoms with Crippen molar-refractivity contribution in [3.63, 3.8) is 0 Å². The van der Waals surface area contributed by atoms with Crippen molar-refractivity contribution >= 4 is 17.5 Å². The molecule has 0 aliphatic heterocycles. The summed E-state index contributed by atoms with van der Waals surface area (Å²) in [5.41, 5.74) is 2.37. The van der Waals surface area contributed by atoms with Gasteiger partial charge in [-0.25, -0.2) is 0 Å². The molecule has 0 saturated heterocycles. The van der Waals surface area contributed by atoms with Gasteiger partial charge in [0.1, 0.15) is 5.88 Å². The van der Waals surface area contributed by atoms with Gasteiger partial charge < -0.3 is 4.90 Å². The molecule has 1 atom stereocenters. The Labute approximate surface area is 109 Å². The zero-order chi connectivity index (χ0) is 12.8. The van der Waals surface area contributed by atoms with E-state index in [2.05, 4.69) is 32.9 Å². The molecular weight excluding hydrogens is 234 g/mol. The minimum Gasteiger partial charge on any atom is -0.335 e. The highest BCUT2D eigenvalue weighted by atomic mass is 35.5. The van der Waals surface area contributed by atoms with E-state index in [1.807, 2.05) is 17.0 Å². The monoisotopic (exact) mass is 253 g/mol. The van der Waals surface area contributed by atoms with Crippen LogP contribution >= 0.6 is 11.6 Å². The van der Waals surface area contributed by atoms with Crippen LogP contribution in [0, 0.1) is 6.92 Å². The molecule has 0 N–H and O–H groups in total. The number of hydrogen-bond acceptors (Lipinski definition) is 1. The molecule has 0 heterocycles. The van der Waals surface area contributed by atoms with Gasteiger partial charge in [-0.3, -0.25) is 4.79 Å². The standard InChI is InChI=1S/C14H20ClNO/c1-4-12(3)16(14(17)9-15)10-13-7-5-6-11(2)8-13/h5-8,12H,4,9-10H2,1-3H3. The van der Waals surface area contributed by atoms with E-state index < -0.39 is 0 Å².